The first-order chi connectivity index (χ1) is 12.6. The fraction of sp³-hybridized carbons (Fsp3) is 0.263. The Morgan fingerprint density at radius 3 is 2.65 bits per heavy atom. The molecule has 0 saturated carbocycles. The molecule has 1 atom stereocenters. The maximum atomic E-state index is 12.4. The second-order valence-corrected chi connectivity index (χ2v) is 6.05. The zero-order valence-corrected chi connectivity index (χ0v) is 14.3. The Morgan fingerprint density at radius 1 is 1.23 bits per heavy atom. The SMILES string of the molecule is COC(=O)c1ccc(NC(=O)[C@H]2CC(=O)N(Cc3ccccn3)C2)cc1. The topological polar surface area (TPSA) is 88.6 Å². The number of nitrogens with zero attached hydrogens (tertiary/aromatic N) is 2. The molecule has 1 aliphatic rings. The number of ether oxygens (including phenoxy) is 1. The van der Waals surface area contributed by atoms with Crippen molar-refractivity contribution in [2.75, 3.05) is 19.0 Å². The van der Waals surface area contributed by atoms with Gasteiger partial charge in [-0.05, 0) is 36.4 Å². The number of amides is 2. The molecule has 0 spiro atoms. The van der Waals surface area contributed by atoms with Crippen molar-refractivity contribution in [1.29, 1.82) is 0 Å². The van der Waals surface area contributed by atoms with Gasteiger partial charge in [-0.1, -0.05) is 6.07 Å². The monoisotopic (exact) mass is 353 g/mol. The van der Waals surface area contributed by atoms with E-state index in [1.165, 1.54) is 7.11 Å². The van der Waals surface area contributed by atoms with Crippen LogP contribution in [-0.4, -0.2) is 41.3 Å². The molecule has 2 heterocycles. The van der Waals surface area contributed by atoms with Crippen LogP contribution in [0.4, 0.5) is 5.69 Å². The van der Waals surface area contributed by atoms with E-state index >= 15 is 0 Å². The molecular weight excluding hydrogens is 334 g/mol. The molecule has 1 aliphatic heterocycles. The summed E-state index contributed by atoms with van der Waals surface area (Å²) in [6, 6.07) is 12.0. The third-order valence-electron chi connectivity index (χ3n) is 4.24. The highest BCUT2D eigenvalue weighted by molar-refractivity contribution is 5.97. The van der Waals surface area contributed by atoms with E-state index in [0.717, 1.165) is 5.69 Å². The Morgan fingerprint density at radius 2 is 2.00 bits per heavy atom. The number of esters is 1. The standard InChI is InChI=1S/C19H19N3O4/c1-26-19(25)13-5-7-15(8-6-13)21-18(24)14-10-17(23)22(11-14)12-16-4-2-3-9-20-16/h2-9,14H,10-12H2,1H3,(H,21,24)/t14-/m0/s1. The molecule has 0 aliphatic carbocycles. The highest BCUT2D eigenvalue weighted by atomic mass is 16.5. The Balaban J connectivity index is 1.58. The van der Waals surface area contributed by atoms with E-state index in [4.69, 9.17) is 0 Å². The summed E-state index contributed by atoms with van der Waals surface area (Å²) >= 11 is 0. The van der Waals surface area contributed by atoms with E-state index in [2.05, 4.69) is 15.0 Å². The summed E-state index contributed by atoms with van der Waals surface area (Å²) < 4.78 is 4.64. The molecule has 134 valence electrons. The predicted molar refractivity (Wildman–Crippen MR) is 94.2 cm³/mol. The smallest absolute Gasteiger partial charge is 0.337 e. The fourth-order valence-corrected chi connectivity index (χ4v) is 2.84. The lowest BCUT2D eigenvalue weighted by atomic mass is 10.1. The zero-order chi connectivity index (χ0) is 18.5. The first-order valence-electron chi connectivity index (χ1n) is 8.23. The molecule has 2 aromatic rings. The second-order valence-electron chi connectivity index (χ2n) is 6.05. The van der Waals surface area contributed by atoms with E-state index < -0.39 is 11.9 Å². The molecule has 1 N–H and O–H groups in total. The third-order valence-corrected chi connectivity index (χ3v) is 4.24. The molecule has 7 nitrogen and oxygen atoms in total. The van der Waals surface area contributed by atoms with Gasteiger partial charge in [-0.3, -0.25) is 14.6 Å². The van der Waals surface area contributed by atoms with E-state index in [9.17, 15) is 14.4 Å². The van der Waals surface area contributed by atoms with Crippen LogP contribution in [0.1, 0.15) is 22.5 Å². The number of carbonyl (C=O) groups is 3. The summed E-state index contributed by atoms with van der Waals surface area (Å²) in [6.07, 6.45) is 1.86. The molecule has 0 unspecified atom stereocenters. The van der Waals surface area contributed by atoms with Gasteiger partial charge in [-0.25, -0.2) is 4.79 Å². The van der Waals surface area contributed by atoms with Gasteiger partial charge in [-0.2, -0.15) is 0 Å². The van der Waals surface area contributed by atoms with Crippen LogP contribution < -0.4 is 5.32 Å². The minimum atomic E-state index is -0.436. The number of hydrogen-bond donors (Lipinski definition) is 1. The number of methoxy groups -OCH3 is 1. The number of hydrogen-bond acceptors (Lipinski definition) is 5. The molecule has 0 bridgehead atoms. The van der Waals surface area contributed by atoms with Gasteiger partial charge in [0.05, 0.1) is 30.8 Å². The zero-order valence-electron chi connectivity index (χ0n) is 14.3. The maximum Gasteiger partial charge on any atom is 0.337 e. The van der Waals surface area contributed by atoms with Crippen molar-refractivity contribution in [3.63, 3.8) is 0 Å². The molecule has 26 heavy (non-hydrogen) atoms. The van der Waals surface area contributed by atoms with Crippen LogP contribution in [0, 0.1) is 5.92 Å². The number of likely N-dealkylation sites (tertiary alicyclic amines) is 1. The summed E-state index contributed by atoms with van der Waals surface area (Å²) in [4.78, 5) is 41.9. The summed E-state index contributed by atoms with van der Waals surface area (Å²) in [5.41, 5.74) is 1.77. The largest absolute Gasteiger partial charge is 0.465 e. The number of nitrogens with one attached hydrogen (secondary N) is 1. The number of benzene rings is 1. The Kier molecular flexibility index (Phi) is 5.26. The minimum absolute atomic E-state index is 0.0585. The third kappa shape index (κ3) is 4.05. The lowest BCUT2D eigenvalue weighted by Crippen LogP contribution is -2.28. The highest BCUT2D eigenvalue weighted by Crippen LogP contribution is 2.21. The predicted octanol–water partition coefficient (Wildman–Crippen LogP) is 1.86. The van der Waals surface area contributed by atoms with E-state index in [0.29, 0.717) is 24.3 Å². The summed E-state index contributed by atoms with van der Waals surface area (Å²) in [6.45, 7) is 0.763. The van der Waals surface area contributed by atoms with Crippen molar-refractivity contribution in [3.05, 3.63) is 59.9 Å². The van der Waals surface area contributed by atoms with E-state index in [-0.39, 0.29) is 18.2 Å². The first kappa shape index (κ1) is 17.6. The number of rotatable bonds is 5. The Hall–Kier alpha value is -3.22. The molecule has 1 saturated heterocycles. The van der Waals surface area contributed by atoms with Crippen molar-refractivity contribution in [2.45, 2.75) is 13.0 Å². The average molecular weight is 353 g/mol. The molecule has 3 rings (SSSR count). The number of carbonyl (C=O) groups excluding carboxylic acids is 3. The fourth-order valence-electron chi connectivity index (χ4n) is 2.84. The van der Waals surface area contributed by atoms with Gasteiger partial charge in [0.25, 0.3) is 0 Å². The first-order valence-corrected chi connectivity index (χ1v) is 8.23. The second kappa shape index (κ2) is 7.77. The van der Waals surface area contributed by atoms with Crippen LogP contribution in [0.2, 0.25) is 0 Å². The van der Waals surface area contributed by atoms with Crippen molar-refractivity contribution in [2.24, 2.45) is 5.92 Å². The quantitative estimate of drug-likeness (QED) is 0.829. The van der Waals surface area contributed by atoms with Crippen LogP contribution in [0.5, 0.6) is 0 Å². The number of anilines is 1. The average Bonchev–Trinajstić information content (AvgIpc) is 3.03. The van der Waals surface area contributed by atoms with Gasteiger partial charge in [0, 0.05) is 24.8 Å². The van der Waals surface area contributed by atoms with Crippen LogP contribution in [0.3, 0.4) is 0 Å². The Bertz CT molecular complexity index is 805. The number of pyridine rings is 1. The van der Waals surface area contributed by atoms with Gasteiger partial charge >= 0.3 is 5.97 Å². The molecule has 2 amide bonds. The molecular formula is C19H19N3O4. The molecule has 7 heteroatoms. The maximum absolute atomic E-state index is 12.4. The summed E-state index contributed by atoms with van der Waals surface area (Å²) in [7, 11) is 1.31. The lowest BCUT2D eigenvalue weighted by molar-refractivity contribution is -0.128. The summed E-state index contributed by atoms with van der Waals surface area (Å²) in [5.74, 6) is -1.12. The van der Waals surface area contributed by atoms with Crippen LogP contribution in [0.25, 0.3) is 0 Å². The molecule has 1 fully saturated rings. The van der Waals surface area contributed by atoms with Crippen molar-refractivity contribution < 1.29 is 19.1 Å². The summed E-state index contributed by atoms with van der Waals surface area (Å²) in [5, 5.41) is 2.79. The molecule has 0 radical (unpaired) electrons. The van der Waals surface area contributed by atoms with Gasteiger partial charge in [-0.15, -0.1) is 0 Å². The normalized spacial score (nSPS) is 16.4. The van der Waals surface area contributed by atoms with E-state index in [1.54, 1.807) is 35.4 Å². The van der Waals surface area contributed by atoms with Crippen molar-refractivity contribution in [3.8, 4) is 0 Å². The Labute approximate surface area is 151 Å². The van der Waals surface area contributed by atoms with Crippen molar-refractivity contribution in [1.82, 2.24) is 9.88 Å². The van der Waals surface area contributed by atoms with Crippen LogP contribution >= 0.6 is 0 Å². The lowest BCUT2D eigenvalue weighted by Gasteiger charge is -2.16. The van der Waals surface area contributed by atoms with Crippen molar-refractivity contribution >= 4 is 23.5 Å². The van der Waals surface area contributed by atoms with E-state index in [1.807, 2.05) is 18.2 Å². The molecule has 1 aromatic carbocycles. The van der Waals surface area contributed by atoms with Gasteiger partial charge in [0.2, 0.25) is 11.8 Å². The van der Waals surface area contributed by atoms with Crippen LogP contribution in [-0.2, 0) is 20.9 Å². The van der Waals surface area contributed by atoms with Crippen LogP contribution in [0.15, 0.2) is 48.7 Å². The van der Waals surface area contributed by atoms with Gasteiger partial charge < -0.3 is 15.0 Å². The number of aromatic nitrogens is 1. The van der Waals surface area contributed by atoms with Gasteiger partial charge in [0.1, 0.15) is 0 Å². The van der Waals surface area contributed by atoms with Gasteiger partial charge in [0.15, 0.2) is 0 Å². The molecule has 1 aromatic heterocycles. The highest BCUT2D eigenvalue weighted by Gasteiger charge is 2.34. The minimum Gasteiger partial charge on any atom is -0.465 e.